The molecule has 4 rings (SSSR count). The maximum atomic E-state index is 13.1. The molecule has 2 aromatic carbocycles. The zero-order chi connectivity index (χ0) is 17.3. The third kappa shape index (κ3) is 3.23. The van der Waals surface area contributed by atoms with E-state index >= 15 is 0 Å². The predicted molar refractivity (Wildman–Crippen MR) is 107 cm³/mol. The van der Waals surface area contributed by atoms with Crippen LogP contribution in [0.5, 0.6) is 0 Å². The first-order valence-corrected chi connectivity index (χ1v) is 10.6. The van der Waals surface area contributed by atoms with Crippen molar-refractivity contribution in [2.75, 3.05) is 11.5 Å². The van der Waals surface area contributed by atoms with Crippen molar-refractivity contribution < 1.29 is 9.53 Å². The van der Waals surface area contributed by atoms with E-state index in [9.17, 15) is 4.79 Å². The van der Waals surface area contributed by atoms with E-state index in [0.29, 0.717) is 10.8 Å². The maximum Gasteiger partial charge on any atom is 0.338 e. The Balaban J connectivity index is 1.81. The fraction of sp³-hybridized carbons (Fsp3) is 0.250. The molecular formula is C20H17ClO2S2. The Bertz CT molecular complexity index is 796. The molecule has 1 spiro atoms. The number of thioether (sulfide) groups is 2. The zero-order valence-corrected chi connectivity index (χ0v) is 15.9. The average Bonchev–Trinajstić information content (AvgIpc) is 2.66. The van der Waals surface area contributed by atoms with E-state index in [1.807, 2.05) is 42.5 Å². The number of rotatable bonds is 2. The van der Waals surface area contributed by atoms with Gasteiger partial charge in [-0.2, -0.15) is 0 Å². The molecule has 0 amide bonds. The third-order valence-electron chi connectivity index (χ3n) is 4.42. The molecule has 2 aromatic rings. The number of allylic oxidation sites excluding steroid dienone is 1. The molecule has 0 aliphatic carbocycles. The first-order valence-electron chi connectivity index (χ1n) is 8.22. The second-order valence-electron chi connectivity index (χ2n) is 6.03. The van der Waals surface area contributed by atoms with Gasteiger partial charge in [-0.15, -0.1) is 23.5 Å². The summed E-state index contributed by atoms with van der Waals surface area (Å²) < 4.78 is 5.21. The van der Waals surface area contributed by atoms with Gasteiger partial charge < -0.3 is 4.74 Å². The van der Waals surface area contributed by atoms with E-state index in [1.165, 1.54) is 0 Å². The predicted octanol–water partition coefficient (Wildman–Crippen LogP) is 5.59. The summed E-state index contributed by atoms with van der Waals surface area (Å²) in [5.41, 5.74) is 2.02. The summed E-state index contributed by atoms with van der Waals surface area (Å²) in [6, 6.07) is 17.7. The van der Waals surface area contributed by atoms with Crippen LogP contribution in [0.15, 0.2) is 60.7 Å². The van der Waals surface area contributed by atoms with Crippen LogP contribution in [0.1, 0.15) is 23.5 Å². The Morgan fingerprint density at radius 2 is 1.68 bits per heavy atom. The Morgan fingerprint density at radius 1 is 1.00 bits per heavy atom. The normalized spacial score (nSPS) is 22.4. The lowest BCUT2D eigenvalue weighted by atomic mass is 9.91. The molecule has 1 atom stereocenters. The fourth-order valence-electron chi connectivity index (χ4n) is 3.18. The van der Waals surface area contributed by atoms with E-state index in [4.69, 9.17) is 16.3 Å². The van der Waals surface area contributed by atoms with Crippen LogP contribution in [-0.2, 0) is 9.53 Å². The smallest absolute Gasteiger partial charge is 0.338 e. The largest absolute Gasteiger partial charge is 0.425 e. The van der Waals surface area contributed by atoms with Crippen LogP contribution in [0.4, 0.5) is 0 Å². The number of benzene rings is 2. The average molecular weight is 389 g/mol. The van der Waals surface area contributed by atoms with Crippen molar-refractivity contribution in [2.24, 2.45) is 0 Å². The molecule has 25 heavy (non-hydrogen) atoms. The number of esters is 1. The molecule has 1 saturated heterocycles. The van der Waals surface area contributed by atoms with Gasteiger partial charge in [0, 0.05) is 16.5 Å². The number of halogens is 1. The van der Waals surface area contributed by atoms with Crippen LogP contribution >= 0.6 is 35.1 Å². The molecule has 0 aromatic heterocycles. The Kier molecular flexibility index (Phi) is 4.85. The van der Waals surface area contributed by atoms with Gasteiger partial charge in [0.15, 0.2) is 4.08 Å². The van der Waals surface area contributed by atoms with E-state index in [-0.39, 0.29) is 11.9 Å². The van der Waals surface area contributed by atoms with Gasteiger partial charge in [0.05, 0.1) is 0 Å². The summed E-state index contributed by atoms with van der Waals surface area (Å²) in [6.07, 6.45) is 3.23. The molecule has 1 fully saturated rings. The zero-order valence-electron chi connectivity index (χ0n) is 13.5. The van der Waals surface area contributed by atoms with Crippen molar-refractivity contribution in [3.63, 3.8) is 0 Å². The van der Waals surface area contributed by atoms with E-state index in [1.54, 1.807) is 23.5 Å². The number of hydrogen-bond donors (Lipinski definition) is 0. The molecule has 0 radical (unpaired) electrons. The molecule has 2 nitrogen and oxygen atoms in total. The SMILES string of the molecule is O=C1OC(c2ccc(Cl)cc2)=CC(c2ccccc2)C12SCCCS2. The number of carbonyl (C=O) groups excluding carboxylic acids is 1. The highest BCUT2D eigenvalue weighted by atomic mass is 35.5. The molecule has 0 bridgehead atoms. The minimum Gasteiger partial charge on any atom is -0.425 e. The highest BCUT2D eigenvalue weighted by Gasteiger charge is 2.52. The van der Waals surface area contributed by atoms with Gasteiger partial charge in [-0.1, -0.05) is 41.9 Å². The summed E-state index contributed by atoms with van der Waals surface area (Å²) >= 11 is 9.43. The molecule has 0 saturated carbocycles. The number of cyclic esters (lactones) is 1. The summed E-state index contributed by atoms with van der Waals surface area (Å²) in [5, 5.41) is 0.668. The van der Waals surface area contributed by atoms with Crippen LogP contribution < -0.4 is 0 Å². The molecule has 2 aliphatic heterocycles. The van der Waals surface area contributed by atoms with E-state index in [2.05, 4.69) is 18.2 Å². The van der Waals surface area contributed by atoms with Crippen LogP contribution in [0.25, 0.3) is 5.76 Å². The van der Waals surface area contributed by atoms with Crippen molar-refractivity contribution in [3.8, 4) is 0 Å². The quantitative estimate of drug-likeness (QED) is 0.626. The summed E-state index contributed by atoms with van der Waals surface area (Å²) in [7, 11) is 0. The van der Waals surface area contributed by atoms with Crippen molar-refractivity contribution in [1.29, 1.82) is 0 Å². The molecular weight excluding hydrogens is 372 g/mol. The highest BCUT2D eigenvalue weighted by Crippen LogP contribution is 2.55. The van der Waals surface area contributed by atoms with Gasteiger partial charge in [-0.25, -0.2) is 4.79 Å². The topological polar surface area (TPSA) is 26.3 Å². The van der Waals surface area contributed by atoms with Gasteiger partial charge in [0.2, 0.25) is 0 Å². The number of ether oxygens (including phenoxy) is 1. The van der Waals surface area contributed by atoms with Crippen molar-refractivity contribution >= 4 is 46.9 Å². The number of carbonyl (C=O) groups is 1. The van der Waals surface area contributed by atoms with Crippen molar-refractivity contribution in [1.82, 2.24) is 0 Å². The molecule has 5 heteroatoms. The second kappa shape index (κ2) is 7.10. The first kappa shape index (κ1) is 17.1. The highest BCUT2D eigenvalue weighted by molar-refractivity contribution is 8.20. The van der Waals surface area contributed by atoms with E-state index in [0.717, 1.165) is 29.1 Å². The lowest BCUT2D eigenvalue weighted by Gasteiger charge is -2.41. The van der Waals surface area contributed by atoms with Crippen molar-refractivity contribution in [3.05, 3.63) is 76.8 Å². The molecule has 1 unspecified atom stereocenters. The van der Waals surface area contributed by atoms with Gasteiger partial charge in [0.25, 0.3) is 0 Å². The first-order chi connectivity index (χ1) is 12.2. The molecule has 0 N–H and O–H groups in total. The van der Waals surface area contributed by atoms with E-state index < -0.39 is 4.08 Å². The lowest BCUT2D eigenvalue weighted by molar-refractivity contribution is -0.138. The molecule has 2 heterocycles. The Hall–Kier alpha value is -1.36. The monoisotopic (exact) mass is 388 g/mol. The van der Waals surface area contributed by atoms with Crippen LogP contribution in [0, 0.1) is 0 Å². The maximum absolute atomic E-state index is 13.1. The third-order valence-corrected chi connectivity index (χ3v) is 8.07. The summed E-state index contributed by atoms with van der Waals surface area (Å²) in [6.45, 7) is 0. The standard InChI is InChI=1S/C20H17ClO2S2/c21-16-9-7-15(8-10-16)18-13-17(14-5-2-1-3-6-14)20(19(22)23-18)24-11-4-12-25-20/h1-3,5-10,13,17H,4,11-12H2. The molecule has 2 aliphatic rings. The number of hydrogen-bond acceptors (Lipinski definition) is 4. The van der Waals surface area contributed by atoms with Crippen LogP contribution in [-0.4, -0.2) is 21.6 Å². The lowest BCUT2D eigenvalue weighted by Crippen LogP contribution is -2.43. The Labute approximate surface area is 161 Å². The van der Waals surface area contributed by atoms with Crippen LogP contribution in [0.3, 0.4) is 0 Å². The Morgan fingerprint density at radius 3 is 2.36 bits per heavy atom. The summed E-state index contributed by atoms with van der Waals surface area (Å²) in [4.78, 5) is 13.1. The summed E-state index contributed by atoms with van der Waals surface area (Å²) in [5.74, 6) is 2.41. The fourth-order valence-corrected chi connectivity index (χ4v) is 6.60. The van der Waals surface area contributed by atoms with Gasteiger partial charge >= 0.3 is 5.97 Å². The van der Waals surface area contributed by atoms with Crippen molar-refractivity contribution in [2.45, 2.75) is 16.4 Å². The molecule has 128 valence electrons. The minimum atomic E-state index is -0.588. The van der Waals surface area contributed by atoms with Crippen LogP contribution in [0.2, 0.25) is 5.02 Å². The van der Waals surface area contributed by atoms with Gasteiger partial charge in [-0.05, 0) is 53.8 Å². The minimum absolute atomic E-state index is 0.0177. The second-order valence-corrected chi connectivity index (χ2v) is 9.41. The van der Waals surface area contributed by atoms with Gasteiger partial charge in [0.1, 0.15) is 5.76 Å². The van der Waals surface area contributed by atoms with Gasteiger partial charge in [-0.3, -0.25) is 0 Å².